The molecule has 2 aromatic heterocycles. The van der Waals surface area contributed by atoms with Crippen LogP contribution in [0.5, 0.6) is 0 Å². The van der Waals surface area contributed by atoms with Gasteiger partial charge in [-0.2, -0.15) is 0 Å². The maximum Gasteiger partial charge on any atom is 0.170 e. The Balaban J connectivity index is 2.46. The molecule has 62 valence electrons. The predicted molar refractivity (Wildman–Crippen MR) is 44.6 cm³/mol. The van der Waals surface area contributed by atoms with Gasteiger partial charge in [0.05, 0.1) is 12.5 Å². The minimum atomic E-state index is 0.573. The van der Waals surface area contributed by atoms with Crippen LogP contribution in [-0.4, -0.2) is 16.5 Å². The maximum absolute atomic E-state index is 5.38. The summed E-state index contributed by atoms with van der Waals surface area (Å²) < 4.78 is 5.09. The van der Waals surface area contributed by atoms with Crippen LogP contribution < -0.4 is 5.73 Å². The molecule has 4 heteroatoms. The molecule has 0 atom stereocenters. The summed E-state index contributed by atoms with van der Waals surface area (Å²) in [6.45, 7) is 0.573. The van der Waals surface area contributed by atoms with Crippen molar-refractivity contribution < 1.29 is 4.42 Å². The number of nitrogens with zero attached hydrogens (tertiary/aromatic N) is 2. The first-order valence-corrected chi connectivity index (χ1v) is 3.79. The minimum Gasteiger partial charge on any atom is -0.461 e. The molecule has 2 heterocycles. The summed E-state index contributed by atoms with van der Waals surface area (Å²) in [5.74, 6) is 0.770. The van der Waals surface area contributed by atoms with E-state index in [4.69, 9.17) is 10.2 Å². The van der Waals surface area contributed by atoms with Crippen LogP contribution in [0.4, 0.5) is 0 Å². The van der Waals surface area contributed by atoms with Crippen molar-refractivity contribution in [1.29, 1.82) is 0 Å². The third-order valence-corrected chi connectivity index (χ3v) is 1.62. The van der Waals surface area contributed by atoms with E-state index in [1.54, 1.807) is 12.5 Å². The zero-order valence-corrected chi connectivity index (χ0v) is 6.53. The summed E-state index contributed by atoms with van der Waals surface area (Å²) in [7, 11) is 0. The van der Waals surface area contributed by atoms with E-state index in [1.807, 2.05) is 6.07 Å². The molecular formula is C8H9N3O. The van der Waals surface area contributed by atoms with Gasteiger partial charge < -0.3 is 10.2 Å². The summed E-state index contributed by atoms with van der Waals surface area (Å²) in [4.78, 5) is 8.32. The number of nitrogens with two attached hydrogens (primary N) is 1. The van der Waals surface area contributed by atoms with Gasteiger partial charge in [-0.15, -0.1) is 0 Å². The highest BCUT2D eigenvalue weighted by molar-refractivity contribution is 5.70. The maximum atomic E-state index is 5.38. The van der Waals surface area contributed by atoms with E-state index in [9.17, 15) is 0 Å². The summed E-state index contributed by atoms with van der Waals surface area (Å²) in [5.41, 5.74) is 6.94. The Bertz CT molecular complexity index is 382. The van der Waals surface area contributed by atoms with Gasteiger partial charge in [-0.05, 0) is 6.54 Å². The topological polar surface area (TPSA) is 64.9 Å². The summed E-state index contributed by atoms with van der Waals surface area (Å²) in [6, 6.07) is 1.82. The van der Waals surface area contributed by atoms with Gasteiger partial charge >= 0.3 is 0 Å². The number of rotatable bonds is 2. The number of hydrogen-bond donors (Lipinski definition) is 1. The Hall–Kier alpha value is -1.42. The zero-order chi connectivity index (χ0) is 8.39. The average molecular weight is 163 g/mol. The molecule has 0 radical (unpaired) electrons. The molecular weight excluding hydrogens is 154 g/mol. The lowest BCUT2D eigenvalue weighted by atomic mass is 10.4. The lowest BCUT2D eigenvalue weighted by Gasteiger charge is -1.94. The molecule has 0 fully saturated rings. The predicted octanol–water partition coefficient (Wildman–Crippen LogP) is 0.724. The van der Waals surface area contributed by atoms with Crippen molar-refractivity contribution in [3.63, 3.8) is 0 Å². The fraction of sp³-hybridized carbons (Fsp3) is 0.250. The van der Waals surface area contributed by atoms with E-state index in [0.717, 1.165) is 16.9 Å². The zero-order valence-electron chi connectivity index (χ0n) is 6.53. The molecule has 2 N–H and O–H groups in total. The Morgan fingerprint density at radius 3 is 3.25 bits per heavy atom. The third kappa shape index (κ3) is 1.16. The summed E-state index contributed by atoms with van der Waals surface area (Å²) >= 11 is 0. The normalized spacial score (nSPS) is 10.8. The van der Waals surface area contributed by atoms with Crippen molar-refractivity contribution in [3.8, 4) is 0 Å². The quantitative estimate of drug-likeness (QED) is 0.708. The van der Waals surface area contributed by atoms with E-state index in [1.165, 1.54) is 0 Å². The standard InChI is InChI=1S/C8H9N3O/c9-3-1-8-10-5-7-6(11-8)2-4-12-7/h2,4-5H,1,3,9H2. The van der Waals surface area contributed by atoms with Crippen molar-refractivity contribution in [2.45, 2.75) is 6.42 Å². The first-order chi connectivity index (χ1) is 5.90. The van der Waals surface area contributed by atoms with E-state index >= 15 is 0 Å². The van der Waals surface area contributed by atoms with Crippen molar-refractivity contribution in [3.05, 3.63) is 24.4 Å². The molecule has 4 nitrogen and oxygen atoms in total. The molecule has 0 saturated carbocycles. The second kappa shape index (κ2) is 2.91. The number of furan rings is 1. The van der Waals surface area contributed by atoms with E-state index in [-0.39, 0.29) is 0 Å². The molecule has 0 aromatic carbocycles. The monoisotopic (exact) mass is 163 g/mol. The lowest BCUT2D eigenvalue weighted by molar-refractivity contribution is 0.612. The van der Waals surface area contributed by atoms with Gasteiger partial charge in [-0.3, -0.25) is 0 Å². The molecule has 0 bridgehead atoms. The fourth-order valence-electron chi connectivity index (χ4n) is 1.05. The van der Waals surface area contributed by atoms with Gasteiger partial charge in [-0.25, -0.2) is 9.97 Å². The second-order valence-electron chi connectivity index (χ2n) is 2.49. The minimum absolute atomic E-state index is 0.573. The van der Waals surface area contributed by atoms with Crippen LogP contribution in [0.3, 0.4) is 0 Å². The molecule has 0 aliphatic rings. The molecule has 0 spiro atoms. The fourth-order valence-corrected chi connectivity index (χ4v) is 1.05. The highest BCUT2D eigenvalue weighted by atomic mass is 16.3. The first-order valence-electron chi connectivity index (χ1n) is 3.79. The third-order valence-electron chi connectivity index (χ3n) is 1.62. The molecule has 0 saturated heterocycles. The summed E-state index contributed by atoms with van der Waals surface area (Å²) in [6.07, 6.45) is 3.99. The van der Waals surface area contributed by atoms with Crippen LogP contribution in [0, 0.1) is 0 Å². The molecule has 0 aliphatic heterocycles. The highest BCUT2D eigenvalue weighted by Gasteiger charge is 2.00. The van der Waals surface area contributed by atoms with Crippen molar-refractivity contribution in [1.82, 2.24) is 9.97 Å². The highest BCUT2D eigenvalue weighted by Crippen LogP contribution is 2.10. The van der Waals surface area contributed by atoms with Gasteiger partial charge in [0, 0.05) is 12.5 Å². The lowest BCUT2D eigenvalue weighted by Crippen LogP contribution is -2.05. The van der Waals surface area contributed by atoms with Gasteiger partial charge in [0.1, 0.15) is 11.3 Å². The SMILES string of the molecule is NCCc1ncc2occc2n1. The molecule has 0 aliphatic carbocycles. The Kier molecular flexibility index (Phi) is 1.75. The van der Waals surface area contributed by atoms with Crippen LogP contribution in [0.1, 0.15) is 5.82 Å². The number of aromatic nitrogens is 2. The van der Waals surface area contributed by atoms with Crippen molar-refractivity contribution in [2.75, 3.05) is 6.54 Å². The number of hydrogen-bond acceptors (Lipinski definition) is 4. The van der Waals surface area contributed by atoms with Gasteiger partial charge in [0.2, 0.25) is 0 Å². The molecule has 2 aromatic rings. The van der Waals surface area contributed by atoms with Gasteiger partial charge in [0.15, 0.2) is 5.58 Å². The van der Waals surface area contributed by atoms with E-state index < -0.39 is 0 Å². The molecule has 0 amide bonds. The Labute approximate surface area is 69.4 Å². The van der Waals surface area contributed by atoms with E-state index in [2.05, 4.69) is 9.97 Å². The smallest absolute Gasteiger partial charge is 0.170 e. The van der Waals surface area contributed by atoms with E-state index in [0.29, 0.717) is 13.0 Å². The average Bonchev–Trinajstić information content (AvgIpc) is 2.51. The van der Waals surface area contributed by atoms with Crippen molar-refractivity contribution >= 4 is 11.1 Å². The van der Waals surface area contributed by atoms with Crippen LogP contribution >= 0.6 is 0 Å². The number of fused-ring (bicyclic) bond motifs is 1. The second-order valence-corrected chi connectivity index (χ2v) is 2.49. The molecule has 0 unspecified atom stereocenters. The van der Waals surface area contributed by atoms with Crippen LogP contribution in [-0.2, 0) is 6.42 Å². The first kappa shape index (κ1) is 7.24. The van der Waals surface area contributed by atoms with Crippen LogP contribution in [0.15, 0.2) is 22.9 Å². The van der Waals surface area contributed by atoms with Crippen LogP contribution in [0.2, 0.25) is 0 Å². The van der Waals surface area contributed by atoms with Crippen molar-refractivity contribution in [2.24, 2.45) is 5.73 Å². The van der Waals surface area contributed by atoms with Crippen LogP contribution in [0.25, 0.3) is 11.1 Å². The molecule has 12 heavy (non-hydrogen) atoms. The molecule has 2 rings (SSSR count). The summed E-state index contributed by atoms with van der Waals surface area (Å²) in [5, 5.41) is 0. The van der Waals surface area contributed by atoms with Gasteiger partial charge in [0.25, 0.3) is 0 Å². The Morgan fingerprint density at radius 1 is 1.50 bits per heavy atom. The Morgan fingerprint density at radius 2 is 2.42 bits per heavy atom. The van der Waals surface area contributed by atoms with Gasteiger partial charge in [-0.1, -0.05) is 0 Å². The largest absolute Gasteiger partial charge is 0.461 e.